The van der Waals surface area contributed by atoms with Crippen LogP contribution in [0, 0.1) is 5.82 Å². The molecule has 1 aliphatic heterocycles. The second kappa shape index (κ2) is 7.34. The lowest BCUT2D eigenvalue weighted by atomic mass is 10.2. The predicted octanol–water partition coefficient (Wildman–Crippen LogP) is 2.77. The summed E-state index contributed by atoms with van der Waals surface area (Å²) in [6.45, 7) is 0.914. The molecule has 0 saturated carbocycles. The molecule has 0 N–H and O–H groups in total. The number of nitrogens with zero attached hydrogens (tertiary/aromatic N) is 1. The van der Waals surface area contributed by atoms with Crippen LogP contribution in [-0.4, -0.2) is 34.2 Å². The highest BCUT2D eigenvalue weighted by Crippen LogP contribution is 2.24. The van der Waals surface area contributed by atoms with E-state index in [9.17, 15) is 21.2 Å². The van der Waals surface area contributed by atoms with Crippen LogP contribution < -0.4 is 4.18 Å². The standard InChI is InChI=1S/C17H18FNO5S2/c18-16-6-2-3-7-17(16)24-26(22,23)15-10-8-14(9-11-15)25(20,21)19-12-4-1-5-13-19/h2-3,6-11H,1,4-5,12-13H2. The quantitative estimate of drug-likeness (QED) is 0.722. The minimum Gasteiger partial charge on any atom is -0.376 e. The normalized spacial score (nSPS) is 16.3. The Balaban J connectivity index is 1.83. The molecule has 0 radical (unpaired) electrons. The maximum absolute atomic E-state index is 13.6. The van der Waals surface area contributed by atoms with Gasteiger partial charge >= 0.3 is 10.1 Å². The Morgan fingerprint density at radius 1 is 0.808 bits per heavy atom. The molecule has 0 aromatic heterocycles. The molecule has 1 fully saturated rings. The molecule has 26 heavy (non-hydrogen) atoms. The molecule has 0 atom stereocenters. The van der Waals surface area contributed by atoms with Crippen molar-refractivity contribution in [3.05, 3.63) is 54.3 Å². The van der Waals surface area contributed by atoms with Crippen molar-refractivity contribution >= 4 is 20.1 Å². The zero-order valence-electron chi connectivity index (χ0n) is 13.8. The van der Waals surface area contributed by atoms with Gasteiger partial charge in [0.15, 0.2) is 11.6 Å². The second-order valence-corrected chi connectivity index (χ2v) is 9.39. The third-order valence-electron chi connectivity index (χ3n) is 4.10. The molecule has 1 saturated heterocycles. The van der Waals surface area contributed by atoms with Crippen LogP contribution in [0.15, 0.2) is 58.3 Å². The first-order valence-corrected chi connectivity index (χ1v) is 10.9. The molecule has 9 heteroatoms. The largest absolute Gasteiger partial charge is 0.376 e. The average Bonchev–Trinajstić information content (AvgIpc) is 2.64. The van der Waals surface area contributed by atoms with Crippen molar-refractivity contribution in [1.29, 1.82) is 0 Å². The Morgan fingerprint density at radius 3 is 2.00 bits per heavy atom. The average molecular weight is 399 g/mol. The number of benzene rings is 2. The molecule has 0 aliphatic carbocycles. The molecule has 0 spiro atoms. The van der Waals surface area contributed by atoms with E-state index < -0.39 is 31.7 Å². The summed E-state index contributed by atoms with van der Waals surface area (Å²) in [7, 11) is -7.92. The molecule has 6 nitrogen and oxygen atoms in total. The Morgan fingerprint density at radius 2 is 1.38 bits per heavy atom. The first-order chi connectivity index (χ1) is 12.3. The third-order valence-corrected chi connectivity index (χ3v) is 7.26. The summed E-state index contributed by atoms with van der Waals surface area (Å²) in [5, 5.41) is 0. The lowest BCUT2D eigenvalue weighted by Crippen LogP contribution is -2.35. The fourth-order valence-electron chi connectivity index (χ4n) is 2.71. The lowest BCUT2D eigenvalue weighted by Gasteiger charge is -2.25. The summed E-state index contributed by atoms with van der Waals surface area (Å²) in [6, 6.07) is 9.88. The smallest absolute Gasteiger partial charge is 0.339 e. The number of sulfonamides is 1. The maximum atomic E-state index is 13.6. The maximum Gasteiger partial charge on any atom is 0.339 e. The monoisotopic (exact) mass is 399 g/mol. The SMILES string of the molecule is O=S(=O)(Oc1ccccc1F)c1ccc(S(=O)(=O)N2CCCCC2)cc1. The van der Waals surface area contributed by atoms with Gasteiger partial charge in [-0.1, -0.05) is 18.6 Å². The number of hydrogen-bond donors (Lipinski definition) is 0. The van der Waals surface area contributed by atoms with Crippen LogP contribution in [-0.2, 0) is 20.1 Å². The van der Waals surface area contributed by atoms with Gasteiger partial charge in [0.05, 0.1) is 4.90 Å². The highest BCUT2D eigenvalue weighted by Gasteiger charge is 2.27. The van der Waals surface area contributed by atoms with E-state index in [1.807, 2.05) is 0 Å². The van der Waals surface area contributed by atoms with Crippen LogP contribution in [0.25, 0.3) is 0 Å². The van der Waals surface area contributed by atoms with Gasteiger partial charge in [-0.05, 0) is 49.2 Å². The van der Waals surface area contributed by atoms with Gasteiger partial charge in [0.1, 0.15) is 4.90 Å². The number of rotatable bonds is 5. The molecule has 1 heterocycles. The molecule has 0 unspecified atom stereocenters. The van der Waals surface area contributed by atoms with Gasteiger partial charge in [0.25, 0.3) is 0 Å². The van der Waals surface area contributed by atoms with Gasteiger partial charge in [-0.15, -0.1) is 0 Å². The minimum atomic E-state index is -4.27. The van der Waals surface area contributed by atoms with Crippen LogP contribution in [0.4, 0.5) is 4.39 Å². The Kier molecular flexibility index (Phi) is 5.31. The summed E-state index contributed by atoms with van der Waals surface area (Å²) in [4.78, 5) is -0.234. The van der Waals surface area contributed by atoms with Gasteiger partial charge in [-0.3, -0.25) is 0 Å². The van der Waals surface area contributed by atoms with Crippen LogP contribution in [0.5, 0.6) is 5.75 Å². The molecule has 3 rings (SSSR count). The highest BCUT2D eigenvalue weighted by atomic mass is 32.2. The summed E-state index contributed by atoms with van der Waals surface area (Å²) in [6.07, 6.45) is 2.61. The van der Waals surface area contributed by atoms with Crippen LogP contribution in [0.1, 0.15) is 19.3 Å². The number of piperidine rings is 1. The Bertz CT molecular complexity index is 982. The zero-order valence-corrected chi connectivity index (χ0v) is 15.5. The van der Waals surface area contributed by atoms with E-state index in [0.29, 0.717) is 13.1 Å². The first kappa shape index (κ1) is 18.8. The van der Waals surface area contributed by atoms with E-state index >= 15 is 0 Å². The van der Waals surface area contributed by atoms with E-state index in [-0.39, 0.29) is 9.79 Å². The summed E-state index contributed by atoms with van der Waals surface area (Å²) < 4.78 is 69.5. The minimum absolute atomic E-state index is 0.0178. The number of halogens is 1. The molecule has 2 aromatic rings. The van der Waals surface area contributed by atoms with Crippen molar-refractivity contribution in [1.82, 2.24) is 4.31 Å². The van der Waals surface area contributed by atoms with E-state index in [1.165, 1.54) is 34.6 Å². The van der Waals surface area contributed by atoms with E-state index in [4.69, 9.17) is 4.18 Å². The van der Waals surface area contributed by atoms with Gasteiger partial charge in [-0.25, -0.2) is 12.8 Å². The number of hydrogen-bond acceptors (Lipinski definition) is 5. The lowest BCUT2D eigenvalue weighted by molar-refractivity contribution is 0.346. The zero-order chi connectivity index (χ0) is 18.8. The molecular formula is C17H18FNO5S2. The van der Waals surface area contributed by atoms with Crippen molar-refractivity contribution in [3.63, 3.8) is 0 Å². The van der Waals surface area contributed by atoms with Crippen molar-refractivity contribution in [2.75, 3.05) is 13.1 Å². The Hall–Kier alpha value is -1.97. The summed E-state index contributed by atoms with van der Waals surface area (Å²) >= 11 is 0. The fraction of sp³-hybridized carbons (Fsp3) is 0.294. The van der Waals surface area contributed by atoms with Crippen molar-refractivity contribution in [2.24, 2.45) is 0 Å². The topological polar surface area (TPSA) is 80.8 Å². The fourth-order valence-corrected chi connectivity index (χ4v) is 5.17. The second-order valence-electron chi connectivity index (χ2n) is 5.90. The van der Waals surface area contributed by atoms with Crippen molar-refractivity contribution < 1.29 is 25.4 Å². The van der Waals surface area contributed by atoms with Crippen LogP contribution in [0.3, 0.4) is 0 Å². The predicted molar refractivity (Wildman–Crippen MR) is 93.3 cm³/mol. The van der Waals surface area contributed by atoms with E-state index in [2.05, 4.69) is 0 Å². The van der Waals surface area contributed by atoms with Crippen LogP contribution >= 0.6 is 0 Å². The van der Waals surface area contributed by atoms with Gasteiger partial charge in [0.2, 0.25) is 10.0 Å². The first-order valence-electron chi connectivity index (χ1n) is 8.10. The molecule has 0 amide bonds. The van der Waals surface area contributed by atoms with Gasteiger partial charge in [0, 0.05) is 13.1 Å². The van der Waals surface area contributed by atoms with Gasteiger partial charge < -0.3 is 4.18 Å². The molecule has 140 valence electrons. The summed E-state index contributed by atoms with van der Waals surface area (Å²) in [5.74, 6) is -1.22. The van der Waals surface area contributed by atoms with Crippen molar-refractivity contribution in [3.8, 4) is 5.75 Å². The molecule has 2 aromatic carbocycles. The molecule has 1 aliphatic rings. The van der Waals surface area contributed by atoms with Crippen molar-refractivity contribution in [2.45, 2.75) is 29.1 Å². The van der Waals surface area contributed by atoms with E-state index in [1.54, 1.807) is 0 Å². The number of para-hydroxylation sites is 1. The molecular weight excluding hydrogens is 381 g/mol. The molecule has 0 bridgehead atoms. The van der Waals surface area contributed by atoms with Crippen LogP contribution in [0.2, 0.25) is 0 Å². The third kappa shape index (κ3) is 3.89. The van der Waals surface area contributed by atoms with Gasteiger partial charge in [-0.2, -0.15) is 12.7 Å². The Labute approximate surface area is 152 Å². The summed E-state index contributed by atoms with van der Waals surface area (Å²) in [5.41, 5.74) is 0. The highest BCUT2D eigenvalue weighted by molar-refractivity contribution is 7.89. The van der Waals surface area contributed by atoms with E-state index in [0.717, 1.165) is 37.5 Å².